The van der Waals surface area contributed by atoms with Crippen LogP contribution >= 0.6 is 0 Å². The second-order valence-corrected chi connectivity index (χ2v) is 29.0. The molecule has 1 rings (SSSR count). The lowest BCUT2D eigenvalue weighted by atomic mass is 9.81. The Balaban J connectivity index is 3.28. The van der Waals surface area contributed by atoms with Crippen LogP contribution in [0.3, 0.4) is 0 Å². The Hall–Kier alpha value is -0.572. The van der Waals surface area contributed by atoms with E-state index in [1.54, 1.807) is 0 Å². The normalized spacial score (nSPS) is 17.6. The van der Waals surface area contributed by atoms with Gasteiger partial charge < -0.3 is 22.6 Å². The minimum atomic E-state index is -3.08. The first-order valence-corrected chi connectivity index (χ1v) is 24.3. The Kier molecular flexibility index (Phi) is 11.0. The zero-order valence-electron chi connectivity index (χ0n) is 22.2. The van der Waals surface area contributed by atoms with Crippen molar-refractivity contribution in [2.75, 3.05) is 0 Å². The SMILES string of the molecule is C[Si](C)(C)O[Si](CCC/C(C(=O)O)=C(\C(=O)O)C1CCCCC1)(O[Si](C)(C)C)O[Si](C)(C)C. The molecule has 1 aliphatic rings. The summed E-state index contributed by atoms with van der Waals surface area (Å²) in [6, 6.07) is 0.500. The summed E-state index contributed by atoms with van der Waals surface area (Å²) < 4.78 is 20.0. The predicted octanol–water partition coefficient (Wildman–Crippen LogP) is 6.31. The van der Waals surface area contributed by atoms with Crippen molar-refractivity contribution < 1.29 is 32.1 Å². The van der Waals surface area contributed by atoms with Gasteiger partial charge in [0.2, 0.25) is 0 Å². The lowest BCUT2D eigenvalue weighted by molar-refractivity contribution is -0.136. The van der Waals surface area contributed by atoms with E-state index in [2.05, 4.69) is 58.9 Å². The van der Waals surface area contributed by atoms with Gasteiger partial charge in [0.05, 0.1) is 5.57 Å². The van der Waals surface area contributed by atoms with E-state index < -0.39 is 45.7 Å². The summed E-state index contributed by atoms with van der Waals surface area (Å²) in [5, 5.41) is 19.8. The molecule has 0 aromatic heterocycles. The van der Waals surface area contributed by atoms with E-state index in [1.165, 1.54) is 0 Å². The van der Waals surface area contributed by atoms with Gasteiger partial charge in [0, 0.05) is 11.6 Å². The molecule has 0 bridgehead atoms. The Morgan fingerprint density at radius 1 is 0.727 bits per heavy atom. The number of aliphatic carboxylic acids is 2. The number of rotatable bonds is 13. The highest BCUT2D eigenvalue weighted by Crippen LogP contribution is 2.35. The second-order valence-electron chi connectivity index (χ2n) is 12.0. The first-order valence-electron chi connectivity index (χ1n) is 12.1. The van der Waals surface area contributed by atoms with Gasteiger partial charge >= 0.3 is 20.7 Å². The largest absolute Gasteiger partial charge is 0.478 e. The summed E-state index contributed by atoms with van der Waals surface area (Å²) in [5.74, 6) is -2.41. The zero-order valence-corrected chi connectivity index (χ0v) is 26.2. The molecule has 1 saturated carbocycles. The highest BCUT2D eigenvalue weighted by atomic mass is 28.5. The van der Waals surface area contributed by atoms with Gasteiger partial charge in [0.15, 0.2) is 25.0 Å². The molecule has 0 aromatic rings. The second kappa shape index (κ2) is 11.9. The topological polar surface area (TPSA) is 102 Å². The molecule has 192 valence electrons. The number of hydrogen-bond donors (Lipinski definition) is 2. The molecule has 1 aliphatic carbocycles. The van der Waals surface area contributed by atoms with Crippen molar-refractivity contribution in [1.29, 1.82) is 0 Å². The molecule has 0 aromatic carbocycles. The number of carboxylic acid groups (broad SMARTS) is 2. The predicted molar refractivity (Wildman–Crippen MR) is 142 cm³/mol. The number of hydrogen-bond acceptors (Lipinski definition) is 5. The van der Waals surface area contributed by atoms with E-state index in [1.807, 2.05) is 0 Å². The fourth-order valence-electron chi connectivity index (χ4n) is 4.39. The van der Waals surface area contributed by atoms with Crippen LogP contribution in [0, 0.1) is 5.92 Å². The summed E-state index contributed by atoms with van der Waals surface area (Å²) in [6.07, 6.45) is 5.11. The molecule has 0 saturated heterocycles. The maximum absolute atomic E-state index is 12.1. The molecule has 0 aliphatic heterocycles. The molecule has 1 fully saturated rings. The molecule has 11 heteroatoms. The average molecular weight is 535 g/mol. The van der Waals surface area contributed by atoms with Gasteiger partial charge in [-0.15, -0.1) is 0 Å². The lowest BCUT2D eigenvalue weighted by Crippen LogP contribution is -2.60. The number of carbonyl (C=O) groups is 2. The Morgan fingerprint density at radius 2 is 1.15 bits per heavy atom. The fraction of sp³-hybridized carbons (Fsp3) is 0.818. The minimum absolute atomic E-state index is 0.0336. The third-order valence-corrected chi connectivity index (χ3v) is 17.2. The van der Waals surface area contributed by atoms with Gasteiger partial charge in [-0.05, 0) is 90.5 Å². The number of carboxylic acids is 2. The third kappa shape index (κ3) is 11.6. The van der Waals surface area contributed by atoms with Crippen molar-refractivity contribution in [3.63, 3.8) is 0 Å². The molecule has 0 spiro atoms. The highest BCUT2D eigenvalue weighted by Gasteiger charge is 2.49. The van der Waals surface area contributed by atoms with Crippen LogP contribution in [0.2, 0.25) is 65.0 Å². The molecule has 0 heterocycles. The molecule has 33 heavy (non-hydrogen) atoms. The van der Waals surface area contributed by atoms with E-state index >= 15 is 0 Å². The van der Waals surface area contributed by atoms with E-state index in [-0.39, 0.29) is 23.5 Å². The van der Waals surface area contributed by atoms with Crippen molar-refractivity contribution in [3.05, 3.63) is 11.1 Å². The molecule has 0 radical (unpaired) electrons. The van der Waals surface area contributed by atoms with Crippen LogP contribution < -0.4 is 0 Å². The van der Waals surface area contributed by atoms with Crippen LogP contribution in [0.15, 0.2) is 11.1 Å². The smallest absolute Gasteiger partial charge is 0.469 e. The molecular weight excluding hydrogens is 489 g/mol. The molecule has 2 N–H and O–H groups in total. The van der Waals surface area contributed by atoms with E-state index in [0.717, 1.165) is 32.1 Å². The maximum atomic E-state index is 12.1. The summed E-state index contributed by atoms with van der Waals surface area (Å²) in [5.41, 5.74) is 0.129. The highest BCUT2D eigenvalue weighted by molar-refractivity contribution is 6.90. The van der Waals surface area contributed by atoms with Gasteiger partial charge in [0.25, 0.3) is 0 Å². The quantitative estimate of drug-likeness (QED) is 0.211. The fourth-order valence-corrected chi connectivity index (χ4v) is 19.1. The van der Waals surface area contributed by atoms with Crippen LogP contribution in [0.4, 0.5) is 0 Å². The van der Waals surface area contributed by atoms with Gasteiger partial charge in [-0.25, -0.2) is 9.59 Å². The van der Waals surface area contributed by atoms with Crippen molar-refractivity contribution >= 4 is 45.7 Å². The summed E-state index contributed by atoms with van der Waals surface area (Å²) in [4.78, 5) is 24.2. The Morgan fingerprint density at radius 3 is 1.48 bits per heavy atom. The van der Waals surface area contributed by atoms with Crippen molar-refractivity contribution in [1.82, 2.24) is 0 Å². The molecule has 0 unspecified atom stereocenters. The summed E-state index contributed by atoms with van der Waals surface area (Å²) in [7, 11) is -9.15. The third-order valence-electron chi connectivity index (χ3n) is 5.12. The van der Waals surface area contributed by atoms with E-state index in [0.29, 0.717) is 12.5 Å². The van der Waals surface area contributed by atoms with Crippen LogP contribution in [-0.4, -0.2) is 55.9 Å². The monoisotopic (exact) mass is 534 g/mol. The van der Waals surface area contributed by atoms with Gasteiger partial charge in [-0.2, -0.15) is 0 Å². The first kappa shape index (κ1) is 30.5. The zero-order chi connectivity index (χ0) is 25.7. The van der Waals surface area contributed by atoms with E-state index in [4.69, 9.17) is 12.3 Å². The van der Waals surface area contributed by atoms with Crippen molar-refractivity contribution in [2.24, 2.45) is 5.92 Å². The molecular formula is C22H46O7Si4. The van der Waals surface area contributed by atoms with Gasteiger partial charge in [-0.3, -0.25) is 0 Å². The van der Waals surface area contributed by atoms with Gasteiger partial charge in [0.1, 0.15) is 0 Å². The van der Waals surface area contributed by atoms with Crippen LogP contribution in [0.25, 0.3) is 0 Å². The van der Waals surface area contributed by atoms with E-state index in [9.17, 15) is 19.8 Å². The first-order chi connectivity index (χ1) is 14.8. The summed E-state index contributed by atoms with van der Waals surface area (Å²) in [6.45, 7) is 19.0. The van der Waals surface area contributed by atoms with Crippen LogP contribution in [0.5, 0.6) is 0 Å². The maximum Gasteiger partial charge on any atom is 0.469 e. The van der Waals surface area contributed by atoms with Crippen LogP contribution in [0.1, 0.15) is 44.9 Å². The van der Waals surface area contributed by atoms with Gasteiger partial charge in [-0.1, -0.05) is 19.3 Å². The Labute approximate surface area is 204 Å². The Bertz CT molecular complexity index is 671. The lowest BCUT2D eigenvalue weighted by Gasteiger charge is -2.43. The van der Waals surface area contributed by atoms with Crippen molar-refractivity contribution in [3.8, 4) is 0 Å². The standard InChI is InChI=1S/C22H46O7Si4/c1-30(2,3)27-33(28-31(4,5)6,29-32(7,8)9)17-13-16-19(21(23)24)20(22(25)26)18-14-11-10-12-15-18/h18H,10-17H2,1-9H3,(H,23,24)(H,25,26)/b20-19+. The van der Waals surface area contributed by atoms with Crippen LogP contribution in [-0.2, 0) is 21.9 Å². The summed E-state index contributed by atoms with van der Waals surface area (Å²) >= 11 is 0. The average Bonchev–Trinajstić information content (AvgIpc) is 2.56. The molecule has 0 atom stereocenters. The van der Waals surface area contributed by atoms with Crippen molar-refractivity contribution in [2.45, 2.75) is 110 Å². The molecule has 0 amide bonds. The minimum Gasteiger partial charge on any atom is -0.478 e. The molecule has 7 nitrogen and oxygen atoms in total.